The molecule has 2 amide bonds. The number of carbonyl (C=O) groups excluding carboxylic acids is 2. The van der Waals surface area contributed by atoms with Gasteiger partial charge in [-0.05, 0) is 31.4 Å². The molecule has 1 aromatic heterocycles. The number of nitrogens with one attached hydrogen (secondary N) is 1. The number of anilines is 3. The van der Waals surface area contributed by atoms with Gasteiger partial charge in [0, 0.05) is 25.6 Å². The molecule has 10 heteroatoms. The predicted octanol–water partition coefficient (Wildman–Crippen LogP) is 2.29. The Labute approximate surface area is 172 Å². The molecule has 0 radical (unpaired) electrons. The zero-order valence-corrected chi connectivity index (χ0v) is 17.2. The predicted molar refractivity (Wildman–Crippen MR) is 110 cm³/mol. The Kier molecular flexibility index (Phi) is 5.52. The van der Waals surface area contributed by atoms with E-state index in [1.54, 1.807) is 37.3 Å². The highest BCUT2D eigenvalue weighted by atomic mass is 32.1. The molecule has 3 heterocycles. The van der Waals surface area contributed by atoms with Gasteiger partial charge in [-0.2, -0.15) is 0 Å². The lowest BCUT2D eigenvalue weighted by Crippen LogP contribution is -2.39. The molecule has 2 fully saturated rings. The Morgan fingerprint density at radius 3 is 2.72 bits per heavy atom. The molecule has 9 nitrogen and oxygen atoms in total. The van der Waals surface area contributed by atoms with E-state index in [-0.39, 0.29) is 17.9 Å². The summed E-state index contributed by atoms with van der Waals surface area (Å²) < 4.78 is 10.6. The first-order chi connectivity index (χ1) is 14.1. The smallest absolute Gasteiger partial charge is 0.247 e. The topological polar surface area (TPSA) is 96.9 Å². The first-order valence-corrected chi connectivity index (χ1v) is 10.4. The molecule has 0 saturated carbocycles. The molecular weight excluding hydrogens is 394 g/mol. The number of methoxy groups -OCH3 is 2. The summed E-state index contributed by atoms with van der Waals surface area (Å²) in [5.74, 6) is 1.14. The Morgan fingerprint density at radius 1 is 1.17 bits per heavy atom. The summed E-state index contributed by atoms with van der Waals surface area (Å²) in [6.07, 6.45) is 3.00. The zero-order chi connectivity index (χ0) is 20.4. The van der Waals surface area contributed by atoms with Crippen LogP contribution < -0.4 is 24.6 Å². The summed E-state index contributed by atoms with van der Waals surface area (Å²) in [5.41, 5.74) is 0.589. The van der Waals surface area contributed by atoms with Crippen molar-refractivity contribution in [2.75, 3.05) is 42.4 Å². The van der Waals surface area contributed by atoms with Gasteiger partial charge in [0.15, 0.2) is 0 Å². The third kappa shape index (κ3) is 3.84. The van der Waals surface area contributed by atoms with Crippen LogP contribution in [0.2, 0.25) is 0 Å². The van der Waals surface area contributed by atoms with E-state index in [1.165, 1.54) is 11.3 Å². The molecule has 2 saturated heterocycles. The highest BCUT2D eigenvalue weighted by Gasteiger charge is 2.34. The summed E-state index contributed by atoms with van der Waals surface area (Å²) in [4.78, 5) is 28.6. The van der Waals surface area contributed by atoms with Crippen LogP contribution in [0, 0.1) is 0 Å². The minimum atomic E-state index is -0.350. The Hall–Kier alpha value is -2.88. The van der Waals surface area contributed by atoms with Gasteiger partial charge >= 0.3 is 0 Å². The molecular formula is C19H23N5O4S. The summed E-state index contributed by atoms with van der Waals surface area (Å²) in [6.45, 7) is 1.40. The normalized spacial score (nSPS) is 19.0. The summed E-state index contributed by atoms with van der Waals surface area (Å²) in [6, 6.07) is 4.91. The zero-order valence-electron chi connectivity index (χ0n) is 16.4. The molecule has 0 aliphatic carbocycles. The van der Waals surface area contributed by atoms with E-state index in [1.807, 2.05) is 4.90 Å². The molecule has 4 rings (SSSR count). The number of carbonyl (C=O) groups is 2. The maximum absolute atomic E-state index is 13.0. The van der Waals surface area contributed by atoms with Gasteiger partial charge in [-0.3, -0.25) is 14.5 Å². The van der Waals surface area contributed by atoms with Gasteiger partial charge in [0.25, 0.3) is 0 Å². The van der Waals surface area contributed by atoms with Gasteiger partial charge in [-0.1, -0.05) is 11.3 Å². The third-order valence-corrected chi connectivity index (χ3v) is 6.16. The molecule has 1 atom stereocenters. The van der Waals surface area contributed by atoms with Crippen LogP contribution in [0.15, 0.2) is 18.2 Å². The molecule has 2 aromatic rings. The number of nitrogens with zero attached hydrogens (tertiary/aromatic N) is 4. The van der Waals surface area contributed by atoms with Crippen molar-refractivity contribution in [3.05, 3.63) is 18.2 Å². The number of aromatic nitrogens is 2. The lowest BCUT2D eigenvalue weighted by atomic mass is 10.2. The molecule has 0 bridgehead atoms. The van der Waals surface area contributed by atoms with E-state index in [0.717, 1.165) is 25.8 Å². The Morgan fingerprint density at radius 2 is 2.00 bits per heavy atom. The summed E-state index contributed by atoms with van der Waals surface area (Å²) in [7, 11) is 3.13. The molecule has 2 aliphatic heterocycles. The SMILES string of the molecule is COc1ccc(NC(=O)C2CCCN2c2nnc(N3CCCC3=O)s2)c(OC)c1. The third-order valence-electron chi connectivity index (χ3n) is 5.18. The molecule has 1 N–H and O–H groups in total. The number of ether oxygens (including phenoxy) is 2. The van der Waals surface area contributed by atoms with Crippen LogP contribution >= 0.6 is 11.3 Å². The molecule has 0 spiro atoms. The van der Waals surface area contributed by atoms with Gasteiger partial charge in [-0.15, -0.1) is 10.2 Å². The molecule has 1 aromatic carbocycles. The summed E-state index contributed by atoms with van der Waals surface area (Å²) in [5, 5.41) is 12.7. The van der Waals surface area contributed by atoms with Crippen LogP contribution in [-0.4, -0.2) is 55.4 Å². The molecule has 1 unspecified atom stereocenters. The number of benzene rings is 1. The van der Waals surface area contributed by atoms with Crippen LogP contribution in [-0.2, 0) is 9.59 Å². The van der Waals surface area contributed by atoms with Crippen LogP contribution in [0.4, 0.5) is 16.0 Å². The van der Waals surface area contributed by atoms with Gasteiger partial charge in [0.05, 0.1) is 19.9 Å². The second-order valence-electron chi connectivity index (χ2n) is 6.92. The fraction of sp³-hybridized carbons (Fsp3) is 0.474. The van der Waals surface area contributed by atoms with Crippen molar-refractivity contribution in [3.63, 3.8) is 0 Å². The first kappa shape index (κ1) is 19.4. The average molecular weight is 417 g/mol. The van der Waals surface area contributed by atoms with Crippen LogP contribution in [0.5, 0.6) is 11.5 Å². The summed E-state index contributed by atoms with van der Waals surface area (Å²) >= 11 is 1.36. The van der Waals surface area contributed by atoms with Crippen molar-refractivity contribution in [2.24, 2.45) is 0 Å². The van der Waals surface area contributed by atoms with Crippen molar-refractivity contribution < 1.29 is 19.1 Å². The molecule has 154 valence electrons. The lowest BCUT2D eigenvalue weighted by molar-refractivity contribution is -0.118. The quantitative estimate of drug-likeness (QED) is 0.770. The van der Waals surface area contributed by atoms with Crippen molar-refractivity contribution in [1.29, 1.82) is 0 Å². The number of rotatable bonds is 6. The van der Waals surface area contributed by atoms with Crippen molar-refractivity contribution in [1.82, 2.24) is 10.2 Å². The standard InChI is InChI=1S/C19H23N5O4S/c1-27-12-7-8-13(15(11-12)28-2)20-17(26)14-5-3-9-23(14)18-21-22-19(29-18)24-10-4-6-16(24)25/h7-8,11,14H,3-6,9-10H2,1-2H3,(H,20,26). The largest absolute Gasteiger partial charge is 0.497 e. The number of hydrogen-bond donors (Lipinski definition) is 1. The monoisotopic (exact) mass is 417 g/mol. The van der Waals surface area contributed by atoms with Crippen LogP contribution in [0.1, 0.15) is 25.7 Å². The lowest BCUT2D eigenvalue weighted by Gasteiger charge is -2.23. The highest BCUT2D eigenvalue weighted by Crippen LogP contribution is 2.35. The minimum absolute atomic E-state index is 0.0787. The van der Waals surface area contributed by atoms with E-state index in [2.05, 4.69) is 15.5 Å². The van der Waals surface area contributed by atoms with E-state index in [9.17, 15) is 9.59 Å². The Balaban J connectivity index is 1.49. The molecule has 29 heavy (non-hydrogen) atoms. The van der Waals surface area contributed by atoms with Crippen molar-refractivity contribution in [2.45, 2.75) is 31.7 Å². The highest BCUT2D eigenvalue weighted by molar-refractivity contribution is 7.19. The number of amides is 2. The van der Waals surface area contributed by atoms with E-state index >= 15 is 0 Å². The van der Waals surface area contributed by atoms with E-state index in [4.69, 9.17) is 9.47 Å². The van der Waals surface area contributed by atoms with Crippen molar-refractivity contribution in [3.8, 4) is 11.5 Å². The second kappa shape index (κ2) is 8.24. The second-order valence-corrected chi connectivity index (χ2v) is 7.86. The van der Waals surface area contributed by atoms with E-state index in [0.29, 0.717) is 40.4 Å². The van der Waals surface area contributed by atoms with Gasteiger partial charge in [0.1, 0.15) is 17.5 Å². The fourth-order valence-electron chi connectivity index (χ4n) is 3.67. The van der Waals surface area contributed by atoms with Gasteiger partial charge in [-0.25, -0.2) is 0 Å². The fourth-order valence-corrected chi connectivity index (χ4v) is 4.64. The van der Waals surface area contributed by atoms with Crippen molar-refractivity contribution >= 4 is 39.1 Å². The van der Waals surface area contributed by atoms with Crippen LogP contribution in [0.25, 0.3) is 0 Å². The van der Waals surface area contributed by atoms with Gasteiger partial charge < -0.3 is 19.7 Å². The van der Waals surface area contributed by atoms with Gasteiger partial charge in [0.2, 0.25) is 22.1 Å². The average Bonchev–Trinajstić information content (AvgIpc) is 3.47. The van der Waals surface area contributed by atoms with Crippen LogP contribution in [0.3, 0.4) is 0 Å². The number of hydrogen-bond acceptors (Lipinski definition) is 8. The Bertz CT molecular complexity index is 918. The molecule has 2 aliphatic rings. The maximum atomic E-state index is 13.0. The maximum Gasteiger partial charge on any atom is 0.247 e. The minimum Gasteiger partial charge on any atom is -0.497 e. The van der Waals surface area contributed by atoms with E-state index < -0.39 is 0 Å². The first-order valence-electron chi connectivity index (χ1n) is 9.54.